The minimum atomic E-state index is 0.0112. The molecule has 2 heterocycles. The number of rotatable bonds is 4. The number of carbonyl (C=O) groups is 1. The van der Waals surface area contributed by atoms with Gasteiger partial charge in [-0.1, -0.05) is 13.8 Å². The fourth-order valence-corrected chi connectivity index (χ4v) is 1.84. The third-order valence-electron chi connectivity index (χ3n) is 2.94. The van der Waals surface area contributed by atoms with Crippen molar-refractivity contribution in [3.8, 4) is 0 Å². The van der Waals surface area contributed by atoms with Gasteiger partial charge in [0.2, 0.25) is 5.95 Å². The van der Waals surface area contributed by atoms with Crippen LogP contribution < -0.4 is 5.73 Å². The normalized spacial score (nSPS) is 15.7. The molecule has 1 aromatic rings. The van der Waals surface area contributed by atoms with Gasteiger partial charge in [0, 0.05) is 37.5 Å². The molecule has 21 heavy (non-hydrogen) atoms. The molecule has 116 valence electrons. The van der Waals surface area contributed by atoms with Gasteiger partial charge in [0.15, 0.2) is 6.29 Å². The van der Waals surface area contributed by atoms with E-state index in [1.807, 2.05) is 0 Å². The van der Waals surface area contributed by atoms with Crippen molar-refractivity contribution in [3.63, 3.8) is 0 Å². The highest BCUT2D eigenvalue weighted by atomic mass is 16.5. The molecule has 0 saturated carbocycles. The summed E-state index contributed by atoms with van der Waals surface area (Å²) < 4.78 is 5.25. The first-order valence-electron chi connectivity index (χ1n) is 6.82. The molecule has 3 N–H and O–H groups in total. The minimum Gasteiger partial charge on any atom is -0.379 e. The van der Waals surface area contributed by atoms with E-state index in [0.717, 1.165) is 32.8 Å². The summed E-state index contributed by atoms with van der Waals surface area (Å²) in [6, 6.07) is 1.49. The van der Waals surface area contributed by atoms with E-state index < -0.39 is 0 Å². The van der Waals surface area contributed by atoms with Crippen molar-refractivity contribution in [2.75, 3.05) is 38.6 Å². The van der Waals surface area contributed by atoms with E-state index in [1.54, 1.807) is 0 Å². The van der Waals surface area contributed by atoms with Crippen LogP contribution in [-0.2, 0) is 4.74 Å². The third-order valence-corrected chi connectivity index (χ3v) is 2.94. The summed E-state index contributed by atoms with van der Waals surface area (Å²) in [7, 11) is 0. The Hall–Kier alpha value is -1.86. The van der Waals surface area contributed by atoms with E-state index in [4.69, 9.17) is 15.9 Å². The lowest BCUT2D eigenvalue weighted by Crippen LogP contribution is -2.42. The molecule has 1 fully saturated rings. The SMILES string of the molecule is CC(C)(C=N)CN1CCOCC1.Nc1nccc(C=O)n1. The number of hydrogen-bond donors (Lipinski definition) is 2. The minimum absolute atomic E-state index is 0.0112. The molecule has 1 aromatic heterocycles. The van der Waals surface area contributed by atoms with Crippen LogP contribution >= 0.6 is 0 Å². The molecule has 1 saturated heterocycles. The maximum Gasteiger partial charge on any atom is 0.220 e. The van der Waals surface area contributed by atoms with Crippen LogP contribution in [-0.4, -0.2) is 60.2 Å². The predicted octanol–water partition coefficient (Wildman–Crippen LogP) is 0.866. The Morgan fingerprint density at radius 2 is 2.14 bits per heavy atom. The maximum atomic E-state index is 10.0. The van der Waals surface area contributed by atoms with Crippen LogP contribution in [0.25, 0.3) is 0 Å². The van der Waals surface area contributed by atoms with Crippen LogP contribution in [0.3, 0.4) is 0 Å². The molecular weight excluding hydrogens is 270 g/mol. The summed E-state index contributed by atoms with van der Waals surface area (Å²) in [6.45, 7) is 8.86. The number of carbonyl (C=O) groups excluding carboxylic acids is 1. The smallest absolute Gasteiger partial charge is 0.220 e. The van der Waals surface area contributed by atoms with Gasteiger partial charge in [-0.05, 0) is 6.07 Å². The number of nitrogens with two attached hydrogens (primary N) is 1. The van der Waals surface area contributed by atoms with Gasteiger partial charge in [0.05, 0.1) is 13.2 Å². The Kier molecular flexibility index (Phi) is 6.90. The predicted molar refractivity (Wildman–Crippen MR) is 81.7 cm³/mol. The van der Waals surface area contributed by atoms with Crippen LogP contribution in [0.4, 0.5) is 5.95 Å². The van der Waals surface area contributed by atoms with Crippen molar-refractivity contribution >= 4 is 18.4 Å². The number of aldehydes is 1. The van der Waals surface area contributed by atoms with Crippen LogP contribution in [0.15, 0.2) is 12.3 Å². The molecule has 0 aliphatic carbocycles. The lowest BCUT2D eigenvalue weighted by molar-refractivity contribution is 0.0289. The fraction of sp³-hybridized carbons (Fsp3) is 0.571. The Labute approximate surface area is 125 Å². The van der Waals surface area contributed by atoms with E-state index >= 15 is 0 Å². The second-order valence-electron chi connectivity index (χ2n) is 5.48. The van der Waals surface area contributed by atoms with E-state index in [2.05, 4.69) is 28.7 Å². The number of aromatic nitrogens is 2. The highest BCUT2D eigenvalue weighted by Gasteiger charge is 2.20. The molecule has 1 aliphatic heterocycles. The molecular formula is C14H23N5O2. The van der Waals surface area contributed by atoms with Crippen LogP contribution in [0.1, 0.15) is 24.3 Å². The lowest BCUT2D eigenvalue weighted by Gasteiger charge is -2.32. The first-order valence-corrected chi connectivity index (χ1v) is 6.82. The highest BCUT2D eigenvalue weighted by molar-refractivity contribution is 5.71. The summed E-state index contributed by atoms with van der Waals surface area (Å²) in [5, 5.41) is 7.24. The number of nitrogens with one attached hydrogen (secondary N) is 1. The first kappa shape index (κ1) is 17.2. The van der Waals surface area contributed by atoms with Crippen LogP contribution in [0, 0.1) is 10.8 Å². The van der Waals surface area contributed by atoms with Crippen molar-refractivity contribution in [3.05, 3.63) is 18.0 Å². The van der Waals surface area contributed by atoms with Gasteiger partial charge in [0.1, 0.15) is 5.69 Å². The van der Waals surface area contributed by atoms with Gasteiger partial charge < -0.3 is 15.9 Å². The number of nitrogens with zero attached hydrogens (tertiary/aromatic N) is 3. The highest BCUT2D eigenvalue weighted by Crippen LogP contribution is 2.14. The lowest BCUT2D eigenvalue weighted by atomic mass is 9.94. The second kappa shape index (κ2) is 8.43. The summed E-state index contributed by atoms with van der Waals surface area (Å²) >= 11 is 0. The molecule has 0 spiro atoms. The Bertz CT molecular complexity index is 458. The molecule has 2 rings (SSSR count). The molecule has 0 amide bonds. The maximum absolute atomic E-state index is 10.0. The van der Waals surface area contributed by atoms with Crippen molar-refractivity contribution in [1.29, 1.82) is 5.41 Å². The number of anilines is 1. The molecule has 0 unspecified atom stereocenters. The number of nitrogen functional groups attached to an aromatic ring is 1. The second-order valence-corrected chi connectivity index (χ2v) is 5.48. The Morgan fingerprint density at radius 1 is 1.48 bits per heavy atom. The Morgan fingerprint density at radius 3 is 2.62 bits per heavy atom. The molecule has 7 nitrogen and oxygen atoms in total. The standard InChI is InChI=1S/C9H18N2O.C5H5N3O/c1-9(2,7-10)8-11-3-5-12-6-4-11;6-5-7-2-1-4(3-9)8-5/h7,10H,3-6,8H2,1-2H3;1-3H,(H2,6,7,8). The first-order chi connectivity index (χ1) is 9.96. The zero-order valence-corrected chi connectivity index (χ0v) is 12.6. The average Bonchev–Trinajstić information content (AvgIpc) is 2.48. The monoisotopic (exact) mass is 293 g/mol. The topological polar surface area (TPSA) is 105 Å². The van der Waals surface area contributed by atoms with E-state index in [1.165, 1.54) is 18.5 Å². The molecule has 7 heteroatoms. The number of morpholine rings is 1. The average molecular weight is 293 g/mol. The third kappa shape index (κ3) is 6.92. The van der Waals surface area contributed by atoms with E-state index in [9.17, 15) is 4.79 Å². The zero-order chi connectivity index (χ0) is 15.7. The Balaban J connectivity index is 0.000000219. The van der Waals surface area contributed by atoms with E-state index in [0.29, 0.717) is 12.0 Å². The quantitative estimate of drug-likeness (QED) is 0.630. The van der Waals surface area contributed by atoms with Crippen LogP contribution in [0.5, 0.6) is 0 Å². The number of hydrogen-bond acceptors (Lipinski definition) is 7. The van der Waals surface area contributed by atoms with Gasteiger partial charge in [0.25, 0.3) is 0 Å². The van der Waals surface area contributed by atoms with Gasteiger partial charge in [-0.2, -0.15) is 0 Å². The van der Waals surface area contributed by atoms with Crippen molar-refractivity contribution in [2.24, 2.45) is 5.41 Å². The summed E-state index contributed by atoms with van der Waals surface area (Å²) in [4.78, 5) is 19.6. The molecule has 0 aromatic carbocycles. The van der Waals surface area contributed by atoms with E-state index in [-0.39, 0.29) is 11.4 Å². The summed E-state index contributed by atoms with van der Waals surface area (Å²) in [5.74, 6) is 0.125. The van der Waals surface area contributed by atoms with Crippen molar-refractivity contribution < 1.29 is 9.53 Å². The van der Waals surface area contributed by atoms with Gasteiger partial charge in [-0.15, -0.1) is 0 Å². The van der Waals surface area contributed by atoms with Gasteiger partial charge in [-0.3, -0.25) is 9.69 Å². The van der Waals surface area contributed by atoms with Crippen LogP contribution in [0.2, 0.25) is 0 Å². The molecule has 0 radical (unpaired) electrons. The van der Waals surface area contributed by atoms with Crippen molar-refractivity contribution in [1.82, 2.24) is 14.9 Å². The fourth-order valence-electron chi connectivity index (χ4n) is 1.84. The summed E-state index contributed by atoms with van der Waals surface area (Å²) in [6.07, 6.45) is 3.59. The largest absolute Gasteiger partial charge is 0.379 e. The number of ether oxygens (including phenoxy) is 1. The zero-order valence-electron chi connectivity index (χ0n) is 12.6. The molecule has 0 bridgehead atoms. The van der Waals surface area contributed by atoms with Crippen molar-refractivity contribution in [2.45, 2.75) is 13.8 Å². The molecule has 0 atom stereocenters. The van der Waals surface area contributed by atoms with Gasteiger partial charge >= 0.3 is 0 Å². The molecule has 1 aliphatic rings. The van der Waals surface area contributed by atoms with Gasteiger partial charge in [-0.25, -0.2) is 9.97 Å². The summed E-state index contributed by atoms with van der Waals surface area (Å²) in [5.41, 5.74) is 5.47.